The lowest BCUT2D eigenvalue weighted by molar-refractivity contribution is -0.139. The fourth-order valence-corrected chi connectivity index (χ4v) is 2.01. The predicted molar refractivity (Wildman–Crippen MR) is 58.3 cm³/mol. The second-order valence-corrected chi connectivity index (χ2v) is 4.31. The second kappa shape index (κ2) is 5.77. The maximum absolute atomic E-state index is 11.8. The SMILES string of the molecule is CC(=O)[C@@H]1C[C@@H](O)CN1C(=O)CCCC(=O)O. The highest BCUT2D eigenvalue weighted by Gasteiger charge is 2.36. The first-order chi connectivity index (χ1) is 7.91. The van der Waals surface area contributed by atoms with E-state index in [0.717, 1.165) is 0 Å². The number of likely N-dealkylation sites (tertiary alicyclic amines) is 1. The summed E-state index contributed by atoms with van der Waals surface area (Å²) < 4.78 is 0. The van der Waals surface area contributed by atoms with Crippen molar-refractivity contribution in [3.63, 3.8) is 0 Å². The number of aliphatic carboxylic acids is 1. The summed E-state index contributed by atoms with van der Waals surface area (Å²) in [5.41, 5.74) is 0. The summed E-state index contributed by atoms with van der Waals surface area (Å²) in [7, 11) is 0. The van der Waals surface area contributed by atoms with E-state index in [1.54, 1.807) is 0 Å². The van der Waals surface area contributed by atoms with E-state index in [0.29, 0.717) is 0 Å². The lowest BCUT2D eigenvalue weighted by atomic mass is 10.1. The number of aliphatic hydroxyl groups excluding tert-OH is 1. The average Bonchev–Trinajstić information content (AvgIpc) is 2.59. The summed E-state index contributed by atoms with van der Waals surface area (Å²) in [6.07, 6.45) is -0.0894. The molecule has 0 bridgehead atoms. The van der Waals surface area contributed by atoms with Crippen LogP contribution in [0, 0.1) is 0 Å². The van der Waals surface area contributed by atoms with Gasteiger partial charge in [-0.1, -0.05) is 0 Å². The Labute approximate surface area is 99.2 Å². The molecule has 1 saturated heterocycles. The van der Waals surface area contributed by atoms with E-state index in [2.05, 4.69) is 0 Å². The van der Waals surface area contributed by atoms with Gasteiger partial charge in [0.05, 0.1) is 12.1 Å². The van der Waals surface area contributed by atoms with Crippen molar-refractivity contribution in [3.8, 4) is 0 Å². The molecule has 0 aromatic carbocycles. The summed E-state index contributed by atoms with van der Waals surface area (Å²) >= 11 is 0. The van der Waals surface area contributed by atoms with Crippen LogP contribution in [-0.2, 0) is 14.4 Å². The third kappa shape index (κ3) is 3.81. The van der Waals surface area contributed by atoms with E-state index in [1.165, 1.54) is 11.8 Å². The number of hydrogen-bond acceptors (Lipinski definition) is 4. The fraction of sp³-hybridized carbons (Fsp3) is 0.727. The molecule has 2 N–H and O–H groups in total. The van der Waals surface area contributed by atoms with Gasteiger partial charge in [0.25, 0.3) is 0 Å². The highest BCUT2D eigenvalue weighted by Crippen LogP contribution is 2.20. The van der Waals surface area contributed by atoms with Gasteiger partial charge in [0.15, 0.2) is 5.78 Å². The van der Waals surface area contributed by atoms with Crippen LogP contribution in [0.1, 0.15) is 32.6 Å². The zero-order chi connectivity index (χ0) is 13.0. The maximum Gasteiger partial charge on any atom is 0.303 e. The van der Waals surface area contributed by atoms with Gasteiger partial charge in [0, 0.05) is 25.8 Å². The number of hydrogen-bond donors (Lipinski definition) is 2. The van der Waals surface area contributed by atoms with Gasteiger partial charge in [-0.3, -0.25) is 14.4 Å². The molecule has 6 nitrogen and oxygen atoms in total. The Balaban J connectivity index is 2.49. The smallest absolute Gasteiger partial charge is 0.303 e. The number of Topliss-reactive ketones (excluding diaryl/α,β-unsaturated/α-hetero) is 1. The quantitative estimate of drug-likeness (QED) is 0.696. The zero-order valence-electron chi connectivity index (χ0n) is 9.76. The number of carboxylic acids is 1. The number of β-amino-alcohol motifs (C(OH)–C–C–N with tert-alkyl or cyclic N) is 1. The van der Waals surface area contributed by atoms with E-state index >= 15 is 0 Å². The van der Waals surface area contributed by atoms with Gasteiger partial charge in [-0.25, -0.2) is 0 Å². The molecule has 0 aromatic heterocycles. The number of ketones is 1. The van der Waals surface area contributed by atoms with Crippen LogP contribution >= 0.6 is 0 Å². The van der Waals surface area contributed by atoms with Crippen LogP contribution in [-0.4, -0.2) is 51.5 Å². The maximum atomic E-state index is 11.8. The molecule has 1 aliphatic rings. The first-order valence-electron chi connectivity index (χ1n) is 5.61. The van der Waals surface area contributed by atoms with Crippen LogP contribution in [0.4, 0.5) is 0 Å². The normalized spacial score (nSPS) is 23.8. The first-order valence-corrected chi connectivity index (χ1v) is 5.61. The summed E-state index contributed by atoms with van der Waals surface area (Å²) in [6.45, 7) is 1.55. The van der Waals surface area contributed by atoms with E-state index in [1.807, 2.05) is 0 Å². The van der Waals surface area contributed by atoms with Crippen LogP contribution in [0.2, 0.25) is 0 Å². The lowest BCUT2D eigenvalue weighted by Gasteiger charge is -2.22. The molecule has 6 heteroatoms. The largest absolute Gasteiger partial charge is 0.481 e. The van der Waals surface area contributed by atoms with E-state index in [-0.39, 0.29) is 43.9 Å². The molecule has 1 amide bonds. The molecule has 0 aromatic rings. The topological polar surface area (TPSA) is 94.9 Å². The third-order valence-electron chi connectivity index (χ3n) is 2.85. The Bertz CT molecular complexity index is 328. The van der Waals surface area contributed by atoms with Gasteiger partial charge in [-0.05, 0) is 13.3 Å². The average molecular weight is 243 g/mol. The molecule has 0 unspecified atom stereocenters. The molecule has 0 radical (unpaired) electrons. The molecule has 0 aliphatic carbocycles. The van der Waals surface area contributed by atoms with E-state index in [4.69, 9.17) is 5.11 Å². The van der Waals surface area contributed by atoms with Gasteiger partial charge >= 0.3 is 5.97 Å². The molecule has 0 spiro atoms. The van der Waals surface area contributed by atoms with Gasteiger partial charge < -0.3 is 15.1 Å². The van der Waals surface area contributed by atoms with Crippen molar-refractivity contribution in [2.45, 2.75) is 44.8 Å². The molecule has 1 fully saturated rings. The Kier molecular flexibility index (Phi) is 4.62. The number of amides is 1. The van der Waals surface area contributed by atoms with Gasteiger partial charge in [-0.15, -0.1) is 0 Å². The minimum Gasteiger partial charge on any atom is -0.481 e. The van der Waals surface area contributed by atoms with Crippen molar-refractivity contribution in [1.29, 1.82) is 0 Å². The third-order valence-corrected chi connectivity index (χ3v) is 2.85. The Morgan fingerprint density at radius 3 is 2.47 bits per heavy atom. The number of carbonyl (C=O) groups is 3. The number of aliphatic hydroxyl groups is 1. The standard InChI is InChI=1S/C11H17NO5/c1-7(13)9-5-8(14)6-12(9)10(15)3-2-4-11(16)17/h8-9,14H,2-6H2,1H3,(H,16,17)/t8-,9+/m1/s1. The van der Waals surface area contributed by atoms with Crippen LogP contribution < -0.4 is 0 Å². The van der Waals surface area contributed by atoms with Crippen molar-refractivity contribution in [3.05, 3.63) is 0 Å². The molecule has 96 valence electrons. The molecule has 2 atom stereocenters. The lowest BCUT2D eigenvalue weighted by Crippen LogP contribution is -2.39. The van der Waals surface area contributed by atoms with E-state index < -0.39 is 18.1 Å². The minimum atomic E-state index is -0.942. The summed E-state index contributed by atoms with van der Waals surface area (Å²) in [6, 6.07) is -0.553. The zero-order valence-corrected chi connectivity index (χ0v) is 9.76. The number of carbonyl (C=O) groups excluding carboxylic acids is 2. The van der Waals surface area contributed by atoms with Crippen molar-refractivity contribution >= 4 is 17.7 Å². The monoisotopic (exact) mass is 243 g/mol. The Morgan fingerprint density at radius 2 is 1.94 bits per heavy atom. The first kappa shape index (κ1) is 13.6. The summed E-state index contributed by atoms with van der Waals surface area (Å²) in [4.78, 5) is 34.7. The van der Waals surface area contributed by atoms with Crippen LogP contribution in [0.5, 0.6) is 0 Å². The van der Waals surface area contributed by atoms with Crippen LogP contribution in [0.15, 0.2) is 0 Å². The van der Waals surface area contributed by atoms with Crippen molar-refractivity contribution in [2.75, 3.05) is 6.54 Å². The number of nitrogens with zero attached hydrogens (tertiary/aromatic N) is 1. The van der Waals surface area contributed by atoms with Gasteiger partial charge in [0.1, 0.15) is 0 Å². The minimum absolute atomic E-state index is 0.0626. The molecule has 1 rings (SSSR count). The van der Waals surface area contributed by atoms with Gasteiger partial charge in [0.2, 0.25) is 5.91 Å². The van der Waals surface area contributed by atoms with Crippen LogP contribution in [0.3, 0.4) is 0 Å². The molecule has 1 heterocycles. The van der Waals surface area contributed by atoms with Crippen molar-refractivity contribution in [1.82, 2.24) is 4.90 Å². The Morgan fingerprint density at radius 1 is 1.29 bits per heavy atom. The highest BCUT2D eigenvalue weighted by molar-refractivity contribution is 5.88. The van der Waals surface area contributed by atoms with Gasteiger partial charge in [-0.2, -0.15) is 0 Å². The van der Waals surface area contributed by atoms with Crippen molar-refractivity contribution < 1.29 is 24.6 Å². The summed E-state index contributed by atoms with van der Waals surface area (Å²) in [5.74, 6) is -1.35. The molecule has 17 heavy (non-hydrogen) atoms. The number of rotatable bonds is 5. The van der Waals surface area contributed by atoms with Crippen LogP contribution in [0.25, 0.3) is 0 Å². The summed E-state index contributed by atoms with van der Waals surface area (Å²) in [5, 5.41) is 17.9. The Hall–Kier alpha value is -1.43. The predicted octanol–water partition coefficient (Wildman–Crippen LogP) is -0.208. The fourth-order valence-electron chi connectivity index (χ4n) is 2.01. The second-order valence-electron chi connectivity index (χ2n) is 4.31. The molecular weight excluding hydrogens is 226 g/mol. The van der Waals surface area contributed by atoms with Crippen molar-refractivity contribution in [2.24, 2.45) is 0 Å². The molecule has 1 aliphatic heterocycles. The molecular formula is C11H17NO5. The molecule has 0 saturated carbocycles. The van der Waals surface area contributed by atoms with E-state index in [9.17, 15) is 19.5 Å². The number of carboxylic acid groups (broad SMARTS) is 1. The highest BCUT2D eigenvalue weighted by atomic mass is 16.4.